The molecule has 2 aliphatic rings. The summed E-state index contributed by atoms with van der Waals surface area (Å²) in [5.41, 5.74) is 1.53. The van der Waals surface area contributed by atoms with Crippen LogP contribution in [0.4, 0.5) is 4.79 Å². The lowest BCUT2D eigenvalue weighted by molar-refractivity contribution is -0.147. The Morgan fingerprint density at radius 2 is 1.78 bits per heavy atom. The van der Waals surface area contributed by atoms with Gasteiger partial charge in [0.05, 0.1) is 5.41 Å². The molecule has 2 amide bonds. The number of hydrogen-bond acceptors (Lipinski definition) is 3. The van der Waals surface area contributed by atoms with Crippen molar-refractivity contribution in [2.75, 3.05) is 26.2 Å². The molecular weight excluding hydrogens is 342 g/mol. The van der Waals surface area contributed by atoms with E-state index in [-0.39, 0.29) is 12.6 Å². The summed E-state index contributed by atoms with van der Waals surface area (Å²) < 4.78 is 0. The molecule has 0 saturated carbocycles. The quantitative estimate of drug-likeness (QED) is 0.832. The highest BCUT2D eigenvalue weighted by Gasteiger charge is 2.42. The van der Waals surface area contributed by atoms with Gasteiger partial charge in [-0.2, -0.15) is 0 Å². The molecule has 2 heterocycles. The minimum atomic E-state index is -0.837. The summed E-state index contributed by atoms with van der Waals surface area (Å²) in [7, 11) is 0. The number of piperidine rings is 1. The smallest absolute Gasteiger partial charge is 0.317 e. The van der Waals surface area contributed by atoms with Crippen LogP contribution in [0.1, 0.15) is 44.2 Å². The summed E-state index contributed by atoms with van der Waals surface area (Å²) in [5, 5.41) is 12.2. The third-order valence-electron chi connectivity index (χ3n) is 6.03. The van der Waals surface area contributed by atoms with Crippen molar-refractivity contribution in [3.8, 4) is 0 Å². The Morgan fingerprint density at radius 1 is 1.15 bits per heavy atom. The molecule has 27 heavy (non-hydrogen) atoms. The molecule has 0 bridgehead atoms. The molecule has 2 aliphatic heterocycles. The van der Waals surface area contributed by atoms with Crippen LogP contribution in [0.5, 0.6) is 0 Å². The number of nitrogens with one attached hydrogen (secondary N) is 1. The highest BCUT2D eigenvalue weighted by atomic mass is 16.4. The number of carboxylic acid groups (broad SMARTS) is 1. The van der Waals surface area contributed by atoms with Crippen LogP contribution in [0.25, 0.3) is 0 Å². The number of nitrogens with zero attached hydrogens (tertiary/aromatic N) is 2. The van der Waals surface area contributed by atoms with Gasteiger partial charge in [0.25, 0.3) is 0 Å². The fraction of sp³-hybridized carbons (Fsp3) is 0.619. The average molecular weight is 373 g/mol. The van der Waals surface area contributed by atoms with Crippen LogP contribution in [-0.2, 0) is 17.9 Å². The van der Waals surface area contributed by atoms with Crippen LogP contribution in [0.3, 0.4) is 0 Å². The topological polar surface area (TPSA) is 72.9 Å². The molecular formula is C21H31N3O3. The Morgan fingerprint density at radius 3 is 2.37 bits per heavy atom. The Bertz CT molecular complexity index is 668. The van der Waals surface area contributed by atoms with Crippen molar-refractivity contribution in [3.63, 3.8) is 0 Å². The highest BCUT2D eigenvalue weighted by Crippen LogP contribution is 2.30. The Hall–Kier alpha value is -2.08. The van der Waals surface area contributed by atoms with Gasteiger partial charge in [0.2, 0.25) is 0 Å². The number of amides is 2. The van der Waals surface area contributed by atoms with Crippen molar-refractivity contribution in [2.45, 2.75) is 46.2 Å². The van der Waals surface area contributed by atoms with Gasteiger partial charge in [-0.3, -0.25) is 9.69 Å². The first-order chi connectivity index (χ1) is 12.9. The lowest BCUT2D eigenvalue weighted by Gasteiger charge is -2.30. The van der Waals surface area contributed by atoms with Crippen molar-refractivity contribution >= 4 is 12.0 Å². The molecule has 0 aliphatic carbocycles. The molecule has 2 N–H and O–H groups in total. The number of carbonyl (C=O) groups is 2. The first kappa shape index (κ1) is 19.7. The Labute approximate surface area is 161 Å². The molecule has 0 radical (unpaired) electrons. The Balaban J connectivity index is 1.45. The van der Waals surface area contributed by atoms with Crippen molar-refractivity contribution in [2.24, 2.45) is 11.3 Å². The molecule has 6 heteroatoms. The predicted octanol–water partition coefficient (Wildman–Crippen LogP) is 2.92. The van der Waals surface area contributed by atoms with Crippen LogP contribution < -0.4 is 5.32 Å². The molecule has 1 aromatic rings. The minimum Gasteiger partial charge on any atom is -0.481 e. The molecule has 1 unspecified atom stereocenters. The highest BCUT2D eigenvalue weighted by molar-refractivity contribution is 5.79. The van der Waals surface area contributed by atoms with Crippen molar-refractivity contribution in [3.05, 3.63) is 35.4 Å². The number of aliphatic carboxylic acids is 1. The molecule has 6 nitrogen and oxygen atoms in total. The van der Waals surface area contributed by atoms with E-state index in [1.807, 2.05) is 0 Å². The Kier molecular flexibility index (Phi) is 6.05. The molecule has 2 saturated heterocycles. The van der Waals surface area contributed by atoms with Crippen LogP contribution in [0.2, 0.25) is 0 Å². The lowest BCUT2D eigenvalue weighted by atomic mass is 9.90. The van der Waals surface area contributed by atoms with Gasteiger partial charge in [0, 0.05) is 26.2 Å². The second-order valence-corrected chi connectivity index (χ2v) is 8.47. The number of rotatable bonds is 5. The van der Waals surface area contributed by atoms with E-state index in [9.17, 15) is 14.7 Å². The van der Waals surface area contributed by atoms with Crippen LogP contribution in [0, 0.1) is 11.3 Å². The van der Waals surface area contributed by atoms with Crippen molar-refractivity contribution in [1.29, 1.82) is 0 Å². The van der Waals surface area contributed by atoms with Crippen LogP contribution in [0.15, 0.2) is 24.3 Å². The van der Waals surface area contributed by atoms with Crippen LogP contribution >= 0.6 is 0 Å². The van der Waals surface area contributed by atoms with Gasteiger partial charge in [0.15, 0.2) is 0 Å². The zero-order valence-electron chi connectivity index (χ0n) is 16.4. The van der Waals surface area contributed by atoms with E-state index in [0.29, 0.717) is 19.5 Å². The zero-order chi connectivity index (χ0) is 19.4. The second-order valence-electron chi connectivity index (χ2n) is 8.47. The number of hydrogen-bond donors (Lipinski definition) is 2. The van der Waals surface area contributed by atoms with Gasteiger partial charge in [0.1, 0.15) is 0 Å². The molecule has 3 rings (SSSR count). The van der Waals surface area contributed by atoms with E-state index in [4.69, 9.17) is 0 Å². The van der Waals surface area contributed by atoms with Gasteiger partial charge in [-0.15, -0.1) is 0 Å². The number of likely N-dealkylation sites (tertiary alicyclic amines) is 2. The molecule has 0 spiro atoms. The molecule has 1 aromatic carbocycles. The maximum absolute atomic E-state index is 12.3. The van der Waals surface area contributed by atoms with Gasteiger partial charge in [-0.05, 0) is 56.3 Å². The number of carbonyl (C=O) groups excluding carboxylic acids is 1. The maximum atomic E-state index is 12.3. The SMILES string of the molecule is CC1CCN(Cc2ccc(CNC(=O)N3CCC(C)(C(=O)O)C3)cc2)CC1. The van der Waals surface area contributed by atoms with E-state index in [0.717, 1.165) is 18.0 Å². The number of carboxylic acids is 1. The lowest BCUT2D eigenvalue weighted by Crippen LogP contribution is -2.40. The first-order valence-corrected chi connectivity index (χ1v) is 9.92. The van der Waals surface area contributed by atoms with E-state index in [1.165, 1.54) is 31.5 Å². The summed E-state index contributed by atoms with van der Waals surface area (Å²) in [4.78, 5) is 27.7. The molecule has 2 fully saturated rings. The largest absolute Gasteiger partial charge is 0.481 e. The summed E-state index contributed by atoms with van der Waals surface area (Å²) in [5.74, 6) is 0.00719. The summed E-state index contributed by atoms with van der Waals surface area (Å²) >= 11 is 0. The zero-order valence-corrected chi connectivity index (χ0v) is 16.4. The third kappa shape index (κ3) is 5.01. The van der Waals surface area contributed by atoms with Gasteiger partial charge in [-0.25, -0.2) is 4.79 Å². The standard InChI is InChI=1S/C21H31N3O3/c1-16-7-10-23(11-8-16)14-18-5-3-17(4-6-18)13-22-20(27)24-12-9-21(2,15-24)19(25)26/h3-6,16H,7-15H2,1-2H3,(H,22,27)(H,25,26). The minimum absolute atomic E-state index is 0.188. The normalized spacial score (nSPS) is 24.1. The fourth-order valence-corrected chi connectivity index (χ4v) is 3.84. The average Bonchev–Trinajstić information content (AvgIpc) is 3.07. The van der Waals surface area contributed by atoms with Crippen LogP contribution in [-0.4, -0.2) is 53.1 Å². The van der Waals surface area contributed by atoms with Gasteiger partial charge >= 0.3 is 12.0 Å². The number of urea groups is 1. The summed E-state index contributed by atoms with van der Waals surface area (Å²) in [6, 6.07) is 8.21. The predicted molar refractivity (Wildman–Crippen MR) is 104 cm³/mol. The molecule has 148 valence electrons. The van der Waals surface area contributed by atoms with E-state index < -0.39 is 11.4 Å². The monoisotopic (exact) mass is 373 g/mol. The van der Waals surface area contributed by atoms with E-state index >= 15 is 0 Å². The first-order valence-electron chi connectivity index (χ1n) is 9.92. The molecule has 1 atom stereocenters. The van der Waals surface area contributed by atoms with Gasteiger partial charge < -0.3 is 15.3 Å². The van der Waals surface area contributed by atoms with E-state index in [2.05, 4.69) is 41.4 Å². The van der Waals surface area contributed by atoms with Gasteiger partial charge in [-0.1, -0.05) is 31.2 Å². The van der Waals surface area contributed by atoms with Crippen molar-refractivity contribution in [1.82, 2.24) is 15.1 Å². The summed E-state index contributed by atoms with van der Waals surface area (Å²) in [6.45, 7) is 8.56. The van der Waals surface area contributed by atoms with E-state index in [1.54, 1.807) is 11.8 Å². The number of benzene rings is 1. The third-order valence-corrected chi connectivity index (χ3v) is 6.03. The molecule has 0 aromatic heterocycles. The summed E-state index contributed by atoms with van der Waals surface area (Å²) in [6.07, 6.45) is 3.06. The second kappa shape index (κ2) is 8.30. The maximum Gasteiger partial charge on any atom is 0.317 e. The fourth-order valence-electron chi connectivity index (χ4n) is 3.84. The van der Waals surface area contributed by atoms with Crippen molar-refractivity contribution < 1.29 is 14.7 Å².